The first kappa shape index (κ1) is 23.0. The first-order valence-electron chi connectivity index (χ1n) is 10.4. The molecule has 0 unspecified atom stereocenters. The summed E-state index contributed by atoms with van der Waals surface area (Å²) in [4.78, 5) is 40.2. The van der Waals surface area contributed by atoms with Gasteiger partial charge in [-0.05, 0) is 44.1 Å². The molecule has 0 spiro atoms. The fourth-order valence-corrected chi connectivity index (χ4v) is 4.91. The van der Waals surface area contributed by atoms with Gasteiger partial charge in [0.1, 0.15) is 11.1 Å². The standard InChI is InChI=1S/C21H29N5O4S/c1-14-12-30-24-20(14)23-17(28)11-26(8-6-5-7-9-26)10-16(27)22-18-15(2)13-31-19(18)21(29)25(3)4/h12-13H,5-11H2,1-4H3,(H-,22,23,24,27,28,29)/p+1. The van der Waals surface area contributed by atoms with Crippen LogP contribution in [0.2, 0.25) is 0 Å². The number of aromatic nitrogens is 1. The van der Waals surface area contributed by atoms with Gasteiger partial charge in [-0.1, -0.05) is 5.16 Å². The highest BCUT2D eigenvalue weighted by atomic mass is 32.1. The predicted molar refractivity (Wildman–Crippen MR) is 119 cm³/mol. The van der Waals surface area contributed by atoms with Gasteiger partial charge in [-0.3, -0.25) is 14.4 Å². The van der Waals surface area contributed by atoms with Gasteiger partial charge in [0.15, 0.2) is 18.9 Å². The molecule has 2 aromatic rings. The highest BCUT2D eigenvalue weighted by Gasteiger charge is 2.35. The number of nitrogens with one attached hydrogen (secondary N) is 2. The summed E-state index contributed by atoms with van der Waals surface area (Å²) < 4.78 is 5.26. The summed E-state index contributed by atoms with van der Waals surface area (Å²) in [6, 6.07) is 0. The normalized spacial score (nSPS) is 15.4. The zero-order valence-electron chi connectivity index (χ0n) is 18.5. The lowest BCUT2D eigenvalue weighted by atomic mass is 10.1. The molecule has 3 rings (SSSR count). The molecule has 0 bridgehead atoms. The van der Waals surface area contributed by atoms with Crippen molar-refractivity contribution in [3.05, 3.63) is 27.6 Å². The first-order valence-corrected chi connectivity index (χ1v) is 11.2. The van der Waals surface area contributed by atoms with Crippen LogP contribution in [0.5, 0.6) is 0 Å². The minimum atomic E-state index is -0.193. The number of hydrogen-bond donors (Lipinski definition) is 2. The molecule has 0 aliphatic carbocycles. The Bertz CT molecular complexity index is 959. The fourth-order valence-electron chi connectivity index (χ4n) is 3.88. The third-order valence-corrected chi connectivity index (χ3v) is 6.65. The molecular formula is C21H30N5O4S+. The number of aryl methyl sites for hydroxylation is 2. The predicted octanol–water partition coefficient (Wildman–Crippen LogP) is 2.63. The number of nitrogens with zero attached hydrogens (tertiary/aromatic N) is 3. The molecule has 3 heterocycles. The van der Waals surface area contributed by atoms with Crippen molar-refractivity contribution in [2.24, 2.45) is 0 Å². The molecule has 9 nitrogen and oxygen atoms in total. The van der Waals surface area contributed by atoms with Gasteiger partial charge >= 0.3 is 0 Å². The first-order chi connectivity index (χ1) is 14.7. The highest BCUT2D eigenvalue weighted by Crippen LogP contribution is 2.29. The molecule has 2 aromatic heterocycles. The van der Waals surface area contributed by atoms with E-state index in [1.165, 1.54) is 22.5 Å². The van der Waals surface area contributed by atoms with E-state index in [-0.39, 0.29) is 30.8 Å². The molecule has 0 aromatic carbocycles. The second kappa shape index (κ2) is 9.61. The molecule has 10 heteroatoms. The van der Waals surface area contributed by atoms with E-state index in [1.807, 2.05) is 12.3 Å². The Balaban J connectivity index is 1.72. The lowest BCUT2D eigenvalue weighted by Crippen LogP contribution is -2.58. The Kier molecular flexibility index (Phi) is 7.11. The van der Waals surface area contributed by atoms with Crippen LogP contribution in [0.3, 0.4) is 0 Å². The van der Waals surface area contributed by atoms with Gasteiger partial charge in [-0.2, -0.15) is 0 Å². The third-order valence-electron chi connectivity index (χ3n) is 5.57. The van der Waals surface area contributed by atoms with Crippen LogP contribution in [0, 0.1) is 13.8 Å². The van der Waals surface area contributed by atoms with Crippen molar-refractivity contribution in [3.8, 4) is 0 Å². The van der Waals surface area contributed by atoms with Crippen LogP contribution in [-0.4, -0.2) is 72.5 Å². The minimum Gasteiger partial charge on any atom is -0.362 e. The highest BCUT2D eigenvalue weighted by molar-refractivity contribution is 7.13. The lowest BCUT2D eigenvalue weighted by molar-refractivity contribution is -0.917. The fraction of sp³-hybridized carbons (Fsp3) is 0.524. The number of carbonyl (C=O) groups excluding carboxylic acids is 3. The van der Waals surface area contributed by atoms with Crippen molar-refractivity contribution >= 4 is 40.6 Å². The van der Waals surface area contributed by atoms with Crippen LogP contribution >= 0.6 is 11.3 Å². The summed E-state index contributed by atoms with van der Waals surface area (Å²) in [7, 11) is 3.37. The molecule has 1 aliphatic heterocycles. The quantitative estimate of drug-likeness (QED) is 0.634. The van der Waals surface area contributed by atoms with Crippen molar-refractivity contribution < 1.29 is 23.4 Å². The van der Waals surface area contributed by atoms with Crippen molar-refractivity contribution in [3.63, 3.8) is 0 Å². The molecule has 2 N–H and O–H groups in total. The van der Waals surface area contributed by atoms with Gasteiger partial charge in [0.2, 0.25) is 0 Å². The third kappa shape index (κ3) is 5.50. The zero-order chi connectivity index (χ0) is 22.6. The van der Waals surface area contributed by atoms with Crippen molar-refractivity contribution in [1.82, 2.24) is 10.1 Å². The summed E-state index contributed by atoms with van der Waals surface area (Å²) in [6.07, 6.45) is 4.50. The van der Waals surface area contributed by atoms with E-state index < -0.39 is 0 Å². The van der Waals surface area contributed by atoms with E-state index in [1.54, 1.807) is 21.0 Å². The number of amides is 3. The molecule has 3 amide bonds. The molecule has 0 saturated carbocycles. The van der Waals surface area contributed by atoms with E-state index in [4.69, 9.17) is 4.52 Å². The number of thiophene rings is 1. The number of hydrogen-bond acceptors (Lipinski definition) is 6. The van der Waals surface area contributed by atoms with E-state index in [0.717, 1.165) is 43.5 Å². The summed E-state index contributed by atoms with van der Waals surface area (Å²) in [5.74, 6) is -0.119. The largest absolute Gasteiger partial charge is 0.362 e. The van der Waals surface area contributed by atoms with Gasteiger partial charge in [0.05, 0.1) is 18.8 Å². The number of anilines is 2. The number of piperidine rings is 1. The van der Waals surface area contributed by atoms with E-state index in [9.17, 15) is 14.4 Å². The smallest absolute Gasteiger partial charge is 0.280 e. The van der Waals surface area contributed by atoms with Crippen LogP contribution in [0.1, 0.15) is 40.1 Å². The Morgan fingerprint density at radius 3 is 2.29 bits per heavy atom. The van der Waals surface area contributed by atoms with E-state index >= 15 is 0 Å². The van der Waals surface area contributed by atoms with Crippen LogP contribution in [0.4, 0.5) is 11.5 Å². The van der Waals surface area contributed by atoms with Crippen molar-refractivity contribution in [2.45, 2.75) is 33.1 Å². The van der Waals surface area contributed by atoms with Gasteiger partial charge in [-0.25, -0.2) is 0 Å². The van der Waals surface area contributed by atoms with Crippen LogP contribution < -0.4 is 10.6 Å². The molecule has 1 aliphatic rings. The minimum absolute atomic E-state index is 0.141. The Labute approximate surface area is 186 Å². The maximum atomic E-state index is 13.0. The summed E-state index contributed by atoms with van der Waals surface area (Å²) in [5.41, 5.74) is 2.17. The number of carbonyl (C=O) groups is 3. The Morgan fingerprint density at radius 1 is 1.06 bits per heavy atom. The van der Waals surface area contributed by atoms with Crippen molar-refractivity contribution in [1.29, 1.82) is 0 Å². The number of quaternary nitrogens is 1. The summed E-state index contributed by atoms with van der Waals surface area (Å²) in [5, 5.41) is 11.4. The number of rotatable bonds is 7. The topological polar surface area (TPSA) is 105 Å². The Hall–Kier alpha value is -2.72. The molecule has 0 radical (unpaired) electrons. The molecule has 31 heavy (non-hydrogen) atoms. The molecule has 1 saturated heterocycles. The zero-order valence-corrected chi connectivity index (χ0v) is 19.3. The second-order valence-electron chi connectivity index (χ2n) is 8.43. The lowest BCUT2D eigenvalue weighted by Gasteiger charge is -2.40. The summed E-state index contributed by atoms with van der Waals surface area (Å²) in [6.45, 7) is 5.55. The van der Waals surface area contributed by atoms with Gasteiger partial charge in [0.25, 0.3) is 17.7 Å². The van der Waals surface area contributed by atoms with E-state index in [0.29, 0.717) is 20.9 Å². The van der Waals surface area contributed by atoms with Crippen LogP contribution in [0.15, 0.2) is 16.2 Å². The van der Waals surface area contributed by atoms with Gasteiger partial charge in [0, 0.05) is 19.7 Å². The monoisotopic (exact) mass is 448 g/mol. The van der Waals surface area contributed by atoms with Gasteiger partial charge in [-0.15, -0.1) is 11.3 Å². The van der Waals surface area contributed by atoms with E-state index in [2.05, 4.69) is 15.8 Å². The molecule has 0 atom stereocenters. The maximum absolute atomic E-state index is 13.0. The van der Waals surface area contributed by atoms with Crippen molar-refractivity contribution in [2.75, 3.05) is 50.9 Å². The van der Waals surface area contributed by atoms with Crippen LogP contribution in [0.25, 0.3) is 0 Å². The second-order valence-corrected chi connectivity index (χ2v) is 9.31. The van der Waals surface area contributed by atoms with Crippen LogP contribution in [-0.2, 0) is 9.59 Å². The average molecular weight is 449 g/mol. The summed E-state index contributed by atoms with van der Waals surface area (Å²) >= 11 is 1.32. The van der Waals surface area contributed by atoms with Gasteiger partial charge < -0.3 is 24.5 Å². The molecule has 168 valence electrons. The SMILES string of the molecule is Cc1conc1NC(=O)C[N+]1(CC(=O)Nc2c(C)csc2C(=O)N(C)C)CCCCC1. The molecule has 1 fully saturated rings. The molecular weight excluding hydrogens is 418 g/mol. The average Bonchev–Trinajstić information content (AvgIpc) is 3.27. The maximum Gasteiger partial charge on any atom is 0.280 e. The number of likely N-dealkylation sites (tertiary alicyclic amines) is 1. The Morgan fingerprint density at radius 2 is 1.71 bits per heavy atom.